The zero-order valence-electron chi connectivity index (χ0n) is 15.1. The van der Waals surface area contributed by atoms with E-state index in [4.69, 9.17) is 5.73 Å². The summed E-state index contributed by atoms with van der Waals surface area (Å²) in [7, 11) is 0. The summed E-state index contributed by atoms with van der Waals surface area (Å²) in [5.74, 6) is 1.11. The molecular formula is C19H22N6O. The van der Waals surface area contributed by atoms with Crippen molar-refractivity contribution in [2.75, 3.05) is 5.73 Å². The minimum Gasteiger partial charge on any atom is -0.383 e. The molecule has 7 heteroatoms. The van der Waals surface area contributed by atoms with Crippen LogP contribution < -0.4 is 11.1 Å². The Kier molecular flexibility index (Phi) is 4.97. The molecule has 3 aromatic rings. The van der Waals surface area contributed by atoms with E-state index in [9.17, 15) is 4.79 Å². The summed E-state index contributed by atoms with van der Waals surface area (Å²) in [4.78, 5) is 20.9. The molecule has 0 radical (unpaired) electrons. The standard InChI is InChI=1S/C19H22N6O/c1-4-25-18(22-11-23-25)13(3)24-19(26)15-7-5-14(6-8-15)16-9-12(2)17(20)21-10-16/h5-11,13H,4H2,1-3H3,(H2,20,21)(H,24,26). The van der Waals surface area contributed by atoms with Gasteiger partial charge < -0.3 is 11.1 Å². The van der Waals surface area contributed by atoms with Gasteiger partial charge in [-0.25, -0.2) is 14.6 Å². The summed E-state index contributed by atoms with van der Waals surface area (Å²) >= 11 is 0. The van der Waals surface area contributed by atoms with Gasteiger partial charge in [0.1, 0.15) is 18.0 Å². The van der Waals surface area contributed by atoms with Gasteiger partial charge in [0.05, 0.1) is 6.04 Å². The predicted molar refractivity (Wildman–Crippen MR) is 100 cm³/mol. The number of benzene rings is 1. The number of hydrogen-bond donors (Lipinski definition) is 2. The number of carbonyl (C=O) groups excluding carboxylic acids is 1. The Bertz CT molecular complexity index is 916. The van der Waals surface area contributed by atoms with Gasteiger partial charge in [-0.2, -0.15) is 5.10 Å². The third kappa shape index (κ3) is 3.56. The zero-order valence-corrected chi connectivity index (χ0v) is 15.1. The number of nitrogens with two attached hydrogens (primary N) is 1. The Morgan fingerprint density at radius 3 is 2.62 bits per heavy atom. The van der Waals surface area contributed by atoms with Gasteiger partial charge in [-0.1, -0.05) is 12.1 Å². The largest absolute Gasteiger partial charge is 0.383 e. The minimum atomic E-state index is -0.228. The lowest BCUT2D eigenvalue weighted by Crippen LogP contribution is -2.28. The van der Waals surface area contributed by atoms with Gasteiger partial charge in [0.2, 0.25) is 0 Å². The molecule has 3 N–H and O–H groups in total. The Morgan fingerprint density at radius 1 is 1.23 bits per heavy atom. The molecular weight excluding hydrogens is 328 g/mol. The van der Waals surface area contributed by atoms with Crippen LogP contribution in [0.5, 0.6) is 0 Å². The van der Waals surface area contributed by atoms with Gasteiger partial charge in [-0.15, -0.1) is 0 Å². The second kappa shape index (κ2) is 7.35. The van der Waals surface area contributed by atoms with Crippen molar-refractivity contribution in [2.45, 2.75) is 33.4 Å². The maximum absolute atomic E-state index is 12.5. The number of nitrogens with one attached hydrogen (secondary N) is 1. The third-order valence-corrected chi connectivity index (χ3v) is 4.28. The van der Waals surface area contributed by atoms with Crippen LogP contribution >= 0.6 is 0 Å². The molecule has 0 saturated heterocycles. The second-order valence-electron chi connectivity index (χ2n) is 6.13. The van der Waals surface area contributed by atoms with Crippen molar-refractivity contribution in [1.29, 1.82) is 0 Å². The minimum absolute atomic E-state index is 0.152. The number of aromatic nitrogens is 4. The van der Waals surface area contributed by atoms with Crippen molar-refractivity contribution in [3.63, 3.8) is 0 Å². The van der Waals surface area contributed by atoms with E-state index in [0.717, 1.165) is 22.5 Å². The van der Waals surface area contributed by atoms with E-state index in [2.05, 4.69) is 20.4 Å². The summed E-state index contributed by atoms with van der Waals surface area (Å²) < 4.78 is 1.77. The Balaban J connectivity index is 1.73. The fourth-order valence-electron chi connectivity index (χ4n) is 2.75. The van der Waals surface area contributed by atoms with Crippen LogP contribution in [0, 0.1) is 6.92 Å². The lowest BCUT2D eigenvalue weighted by atomic mass is 10.0. The summed E-state index contributed by atoms with van der Waals surface area (Å²) in [6, 6.07) is 9.16. The van der Waals surface area contributed by atoms with Gasteiger partial charge in [-0.05, 0) is 50.1 Å². The van der Waals surface area contributed by atoms with Crippen LogP contribution in [-0.2, 0) is 6.54 Å². The molecule has 26 heavy (non-hydrogen) atoms. The summed E-state index contributed by atoms with van der Waals surface area (Å²) in [5, 5.41) is 7.09. The first-order valence-electron chi connectivity index (χ1n) is 8.50. The van der Waals surface area contributed by atoms with E-state index < -0.39 is 0 Å². The highest BCUT2D eigenvalue weighted by atomic mass is 16.1. The molecule has 134 valence electrons. The fraction of sp³-hybridized carbons (Fsp3) is 0.263. The van der Waals surface area contributed by atoms with Gasteiger partial charge in [0, 0.05) is 23.9 Å². The first-order valence-corrected chi connectivity index (χ1v) is 8.50. The fourth-order valence-corrected chi connectivity index (χ4v) is 2.75. The molecule has 3 rings (SSSR count). The van der Waals surface area contributed by atoms with E-state index in [1.54, 1.807) is 23.0 Å². The highest BCUT2D eigenvalue weighted by Crippen LogP contribution is 2.22. The molecule has 1 atom stereocenters. The van der Waals surface area contributed by atoms with Crippen LogP contribution in [0.1, 0.15) is 41.6 Å². The molecule has 1 aromatic carbocycles. The molecule has 1 amide bonds. The Morgan fingerprint density at radius 2 is 1.96 bits per heavy atom. The average Bonchev–Trinajstić information content (AvgIpc) is 3.13. The van der Waals surface area contributed by atoms with Gasteiger partial charge in [0.25, 0.3) is 5.91 Å². The second-order valence-corrected chi connectivity index (χ2v) is 6.13. The van der Waals surface area contributed by atoms with Gasteiger partial charge in [-0.3, -0.25) is 4.79 Å². The van der Waals surface area contributed by atoms with E-state index in [0.29, 0.717) is 17.9 Å². The molecule has 0 aliphatic carbocycles. The van der Waals surface area contributed by atoms with Crippen molar-refractivity contribution in [3.05, 3.63) is 59.8 Å². The first kappa shape index (κ1) is 17.6. The number of pyridine rings is 1. The van der Waals surface area contributed by atoms with E-state index in [-0.39, 0.29) is 11.9 Å². The number of nitrogens with zero attached hydrogens (tertiary/aromatic N) is 4. The van der Waals surface area contributed by atoms with E-state index >= 15 is 0 Å². The molecule has 2 heterocycles. The molecule has 2 aromatic heterocycles. The molecule has 1 unspecified atom stereocenters. The summed E-state index contributed by atoms with van der Waals surface area (Å²) in [6.07, 6.45) is 3.23. The lowest BCUT2D eigenvalue weighted by molar-refractivity contribution is 0.0937. The maximum atomic E-state index is 12.5. The van der Waals surface area contributed by atoms with E-state index in [1.165, 1.54) is 6.33 Å². The van der Waals surface area contributed by atoms with Crippen molar-refractivity contribution in [3.8, 4) is 11.1 Å². The molecule has 0 saturated carbocycles. The van der Waals surface area contributed by atoms with Crippen molar-refractivity contribution in [2.24, 2.45) is 0 Å². The van der Waals surface area contributed by atoms with Crippen LogP contribution in [0.3, 0.4) is 0 Å². The lowest BCUT2D eigenvalue weighted by Gasteiger charge is -2.14. The zero-order chi connectivity index (χ0) is 18.7. The summed E-state index contributed by atoms with van der Waals surface area (Å²) in [6.45, 7) is 6.51. The highest BCUT2D eigenvalue weighted by Gasteiger charge is 2.16. The van der Waals surface area contributed by atoms with Crippen molar-refractivity contribution >= 4 is 11.7 Å². The number of carbonyl (C=O) groups is 1. The maximum Gasteiger partial charge on any atom is 0.251 e. The molecule has 0 bridgehead atoms. The molecule has 0 spiro atoms. The number of aryl methyl sites for hydroxylation is 2. The number of hydrogen-bond acceptors (Lipinski definition) is 5. The van der Waals surface area contributed by atoms with Crippen LogP contribution in [0.4, 0.5) is 5.82 Å². The van der Waals surface area contributed by atoms with Crippen LogP contribution in [0.2, 0.25) is 0 Å². The monoisotopic (exact) mass is 350 g/mol. The SMILES string of the molecule is CCn1ncnc1C(C)NC(=O)c1ccc(-c2cnc(N)c(C)c2)cc1. The predicted octanol–water partition coefficient (Wildman–Crippen LogP) is 2.74. The average molecular weight is 350 g/mol. The Labute approximate surface area is 152 Å². The van der Waals surface area contributed by atoms with Crippen molar-refractivity contribution in [1.82, 2.24) is 25.1 Å². The normalized spacial score (nSPS) is 12.0. The molecule has 0 fully saturated rings. The van der Waals surface area contributed by atoms with Crippen LogP contribution in [0.15, 0.2) is 42.9 Å². The number of anilines is 1. The van der Waals surface area contributed by atoms with Crippen molar-refractivity contribution < 1.29 is 4.79 Å². The molecule has 0 aliphatic rings. The van der Waals surface area contributed by atoms with Gasteiger partial charge in [0.15, 0.2) is 0 Å². The topological polar surface area (TPSA) is 98.7 Å². The van der Waals surface area contributed by atoms with E-state index in [1.807, 2.05) is 39.0 Å². The third-order valence-electron chi connectivity index (χ3n) is 4.28. The molecule has 0 aliphatic heterocycles. The van der Waals surface area contributed by atoms with Crippen LogP contribution in [0.25, 0.3) is 11.1 Å². The number of nitrogen functional groups attached to an aromatic ring is 1. The molecule has 7 nitrogen and oxygen atoms in total. The number of rotatable bonds is 5. The first-order chi connectivity index (χ1) is 12.5. The number of amides is 1. The smallest absolute Gasteiger partial charge is 0.251 e. The van der Waals surface area contributed by atoms with Gasteiger partial charge >= 0.3 is 0 Å². The van der Waals surface area contributed by atoms with Crippen LogP contribution in [-0.4, -0.2) is 25.7 Å². The Hall–Kier alpha value is -3.22. The quantitative estimate of drug-likeness (QED) is 0.737. The summed E-state index contributed by atoms with van der Waals surface area (Å²) in [5.41, 5.74) is 9.23. The highest BCUT2D eigenvalue weighted by molar-refractivity contribution is 5.94.